The molecule has 1 atom stereocenters. The summed E-state index contributed by atoms with van der Waals surface area (Å²) in [7, 11) is 0. The molecular weight excluding hydrogens is 458 g/mol. The van der Waals surface area contributed by atoms with Crippen molar-refractivity contribution >= 4 is 34.4 Å². The third-order valence-corrected chi connectivity index (χ3v) is 5.98. The lowest BCUT2D eigenvalue weighted by molar-refractivity contribution is 0.0932. The first-order chi connectivity index (χ1) is 17.1. The van der Waals surface area contributed by atoms with Crippen LogP contribution in [0, 0.1) is 17.8 Å². The summed E-state index contributed by atoms with van der Waals surface area (Å²) in [5.74, 6) is 3.58. The molecule has 1 unspecified atom stereocenters. The van der Waals surface area contributed by atoms with E-state index in [4.69, 9.17) is 23.4 Å². The molecule has 35 heavy (non-hydrogen) atoms. The number of hydrogen-bond acceptors (Lipinski definition) is 3. The number of fused-ring (bicyclic) bond motifs is 1. The number of aromatic amines is 1. The Kier molecular flexibility index (Phi) is 7.81. The van der Waals surface area contributed by atoms with E-state index in [1.54, 1.807) is 0 Å². The molecule has 4 N–H and O–H groups in total. The molecule has 0 aliphatic rings. The predicted molar refractivity (Wildman–Crippen MR) is 142 cm³/mol. The minimum atomic E-state index is -0.308. The lowest BCUT2D eigenvalue weighted by atomic mass is 10.0. The Morgan fingerprint density at radius 2 is 1.74 bits per heavy atom. The van der Waals surface area contributed by atoms with Gasteiger partial charge in [0.15, 0.2) is 0 Å². The van der Waals surface area contributed by atoms with E-state index in [0.717, 1.165) is 34.1 Å². The lowest BCUT2D eigenvalue weighted by Gasteiger charge is -2.17. The fraction of sp³-hybridized carbons (Fsp3) is 0.179. The SMILES string of the molecule is C#Cc1ccc(-c2ccc(C(=O)NC(CCCNC(=N)CCl)c3nc4ccccc4[nH]3)cc2)cc1. The summed E-state index contributed by atoms with van der Waals surface area (Å²) < 4.78 is 0. The van der Waals surface area contributed by atoms with Crippen LogP contribution >= 0.6 is 11.6 Å². The van der Waals surface area contributed by atoms with E-state index < -0.39 is 0 Å². The number of carbonyl (C=O) groups excluding carboxylic acids is 1. The Balaban J connectivity index is 1.48. The molecule has 1 aromatic heterocycles. The van der Waals surface area contributed by atoms with Crippen LogP contribution in [0.3, 0.4) is 0 Å². The second kappa shape index (κ2) is 11.4. The molecule has 0 aliphatic carbocycles. The van der Waals surface area contributed by atoms with Gasteiger partial charge >= 0.3 is 0 Å². The summed E-state index contributed by atoms with van der Waals surface area (Å²) in [6.07, 6.45) is 6.81. The van der Waals surface area contributed by atoms with Crippen LogP contribution < -0.4 is 10.6 Å². The van der Waals surface area contributed by atoms with E-state index in [0.29, 0.717) is 24.4 Å². The zero-order valence-electron chi connectivity index (χ0n) is 19.1. The van der Waals surface area contributed by atoms with Gasteiger partial charge in [-0.2, -0.15) is 0 Å². The standard InChI is InChI=1S/C28H26ClN5O/c1-2-19-9-11-20(12-10-19)21-13-15-22(16-14-21)28(35)34-25(8-5-17-31-26(30)18-29)27-32-23-6-3-4-7-24(23)33-27/h1,3-4,6-7,9-16,25H,5,8,17-18H2,(H2,30,31)(H,32,33)(H,34,35). The maximum Gasteiger partial charge on any atom is 0.251 e. The molecule has 0 saturated carbocycles. The highest BCUT2D eigenvalue weighted by molar-refractivity contribution is 6.27. The van der Waals surface area contributed by atoms with Gasteiger partial charge in [-0.3, -0.25) is 10.2 Å². The fourth-order valence-corrected chi connectivity index (χ4v) is 3.92. The van der Waals surface area contributed by atoms with E-state index in [1.165, 1.54) is 0 Å². The molecule has 7 heteroatoms. The molecule has 0 spiro atoms. The van der Waals surface area contributed by atoms with E-state index in [9.17, 15) is 4.79 Å². The second-order valence-corrected chi connectivity index (χ2v) is 8.41. The molecule has 0 aliphatic heterocycles. The molecule has 3 aromatic carbocycles. The number of rotatable bonds is 9. The summed E-state index contributed by atoms with van der Waals surface area (Å²) in [4.78, 5) is 21.1. The number of carbonyl (C=O) groups is 1. The van der Waals surface area contributed by atoms with Gasteiger partial charge in [0.2, 0.25) is 0 Å². The van der Waals surface area contributed by atoms with Crippen LogP contribution in [0.1, 0.15) is 40.6 Å². The van der Waals surface area contributed by atoms with Crippen molar-refractivity contribution < 1.29 is 4.79 Å². The molecule has 176 valence electrons. The number of hydrogen-bond donors (Lipinski definition) is 4. The van der Waals surface area contributed by atoms with Crippen molar-refractivity contribution in [3.8, 4) is 23.5 Å². The third kappa shape index (κ3) is 6.08. The Bertz CT molecular complexity index is 1320. The van der Waals surface area contributed by atoms with Crippen LogP contribution in [0.25, 0.3) is 22.2 Å². The second-order valence-electron chi connectivity index (χ2n) is 8.15. The van der Waals surface area contributed by atoms with Gasteiger partial charge in [-0.1, -0.05) is 42.3 Å². The van der Waals surface area contributed by atoms with Gasteiger partial charge in [0, 0.05) is 17.7 Å². The first-order valence-corrected chi connectivity index (χ1v) is 11.9. The molecule has 4 rings (SSSR count). The number of terminal acetylenes is 1. The van der Waals surface area contributed by atoms with E-state index in [1.807, 2.05) is 72.8 Å². The number of amidine groups is 1. The number of aromatic nitrogens is 2. The molecule has 1 heterocycles. The van der Waals surface area contributed by atoms with Gasteiger partial charge in [-0.15, -0.1) is 18.0 Å². The van der Waals surface area contributed by atoms with E-state index in [2.05, 4.69) is 26.5 Å². The Hall–Kier alpha value is -4.08. The van der Waals surface area contributed by atoms with Crippen molar-refractivity contribution in [2.24, 2.45) is 0 Å². The van der Waals surface area contributed by atoms with Crippen LogP contribution in [-0.4, -0.2) is 34.1 Å². The first kappa shape index (κ1) is 24.1. The summed E-state index contributed by atoms with van der Waals surface area (Å²) >= 11 is 5.67. The summed E-state index contributed by atoms with van der Waals surface area (Å²) in [5, 5.41) is 13.7. The quantitative estimate of drug-likeness (QED) is 0.0858. The monoisotopic (exact) mass is 483 g/mol. The van der Waals surface area contributed by atoms with Crippen LogP contribution in [0.15, 0.2) is 72.8 Å². The molecule has 4 aromatic rings. The van der Waals surface area contributed by atoms with Crippen LogP contribution in [0.2, 0.25) is 0 Å². The van der Waals surface area contributed by atoms with Crippen molar-refractivity contribution in [2.45, 2.75) is 18.9 Å². The smallest absolute Gasteiger partial charge is 0.251 e. The average Bonchev–Trinajstić information content (AvgIpc) is 3.34. The fourth-order valence-electron chi connectivity index (χ4n) is 3.82. The molecule has 6 nitrogen and oxygen atoms in total. The van der Waals surface area contributed by atoms with Gasteiger partial charge in [0.1, 0.15) is 11.7 Å². The van der Waals surface area contributed by atoms with Crippen molar-refractivity contribution in [3.63, 3.8) is 0 Å². The van der Waals surface area contributed by atoms with E-state index in [-0.39, 0.29) is 23.7 Å². The molecule has 0 saturated heterocycles. The Morgan fingerprint density at radius 3 is 2.40 bits per heavy atom. The van der Waals surface area contributed by atoms with Crippen LogP contribution in [-0.2, 0) is 0 Å². The highest BCUT2D eigenvalue weighted by Gasteiger charge is 2.19. The maximum absolute atomic E-state index is 13.1. The normalized spacial score (nSPS) is 11.5. The zero-order valence-corrected chi connectivity index (χ0v) is 19.9. The first-order valence-electron chi connectivity index (χ1n) is 11.4. The zero-order chi connectivity index (χ0) is 24.6. The minimum absolute atomic E-state index is 0.147. The van der Waals surface area contributed by atoms with Gasteiger partial charge in [-0.25, -0.2) is 4.98 Å². The molecular formula is C28H26ClN5O. The van der Waals surface area contributed by atoms with Crippen LogP contribution in [0.5, 0.6) is 0 Å². The number of H-pyrrole nitrogens is 1. The molecule has 0 fully saturated rings. The lowest BCUT2D eigenvalue weighted by Crippen LogP contribution is -2.31. The van der Waals surface area contributed by atoms with Crippen molar-refractivity contribution in [2.75, 3.05) is 12.4 Å². The third-order valence-electron chi connectivity index (χ3n) is 5.72. The van der Waals surface area contributed by atoms with Crippen molar-refractivity contribution in [3.05, 3.63) is 89.7 Å². The highest BCUT2D eigenvalue weighted by atomic mass is 35.5. The minimum Gasteiger partial charge on any atom is -0.373 e. The molecule has 0 bridgehead atoms. The number of nitrogens with zero attached hydrogens (tertiary/aromatic N) is 1. The molecule has 0 radical (unpaired) electrons. The topological polar surface area (TPSA) is 93.7 Å². The summed E-state index contributed by atoms with van der Waals surface area (Å²) in [5.41, 5.74) is 5.21. The molecule has 1 amide bonds. The average molecular weight is 484 g/mol. The number of para-hydroxylation sites is 2. The van der Waals surface area contributed by atoms with Gasteiger partial charge in [0.25, 0.3) is 5.91 Å². The summed E-state index contributed by atoms with van der Waals surface area (Å²) in [6, 6.07) is 22.7. The Labute approximate surface area is 209 Å². The van der Waals surface area contributed by atoms with Gasteiger partial charge in [0.05, 0.1) is 23.0 Å². The largest absolute Gasteiger partial charge is 0.373 e. The van der Waals surface area contributed by atoms with Crippen LogP contribution in [0.4, 0.5) is 0 Å². The maximum atomic E-state index is 13.1. The van der Waals surface area contributed by atoms with Gasteiger partial charge < -0.3 is 15.6 Å². The number of imidazole rings is 1. The number of halogens is 1. The van der Waals surface area contributed by atoms with Gasteiger partial charge in [-0.05, 0) is 60.4 Å². The number of benzene rings is 3. The van der Waals surface area contributed by atoms with Crippen molar-refractivity contribution in [1.29, 1.82) is 5.41 Å². The predicted octanol–water partition coefficient (Wildman–Crippen LogP) is 5.27. The highest BCUT2D eigenvalue weighted by Crippen LogP contribution is 2.23. The number of amides is 1. The summed E-state index contributed by atoms with van der Waals surface area (Å²) in [6.45, 7) is 0.589. The number of alkyl halides is 1. The number of nitrogens with one attached hydrogen (secondary N) is 4. The Morgan fingerprint density at radius 1 is 1.06 bits per heavy atom. The van der Waals surface area contributed by atoms with E-state index >= 15 is 0 Å². The van der Waals surface area contributed by atoms with Crippen molar-refractivity contribution in [1.82, 2.24) is 20.6 Å².